The van der Waals surface area contributed by atoms with Gasteiger partial charge in [0, 0.05) is 10.7 Å². The number of amides is 1. The van der Waals surface area contributed by atoms with Crippen LogP contribution >= 0.6 is 11.6 Å². The summed E-state index contributed by atoms with van der Waals surface area (Å²) in [5, 5.41) is 7.44. The van der Waals surface area contributed by atoms with E-state index in [-0.39, 0.29) is 18.3 Å². The zero-order valence-electron chi connectivity index (χ0n) is 11.9. The van der Waals surface area contributed by atoms with Crippen molar-refractivity contribution < 1.29 is 9.18 Å². The van der Waals surface area contributed by atoms with E-state index in [9.17, 15) is 9.18 Å². The first kappa shape index (κ1) is 16.0. The van der Waals surface area contributed by atoms with Crippen LogP contribution < -0.4 is 10.7 Å². The zero-order valence-corrected chi connectivity index (χ0v) is 12.7. The lowest BCUT2D eigenvalue weighted by atomic mass is 10.2. The summed E-state index contributed by atoms with van der Waals surface area (Å²) in [5.41, 5.74) is 4.76. The zero-order chi connectivity index (χ0) is 15.9. The van der Waals surface area contributed by atoms with Crippen LogP contribution in [0.25, 0.3) is 0 Å². The smallest absolute Gasteiger partial charge is 0.259 e. The summed E-state index contributed by atoms with van der Waals surface area (Å²) >= 11 is 6.00. The van der Waals surface area contributed by atoms with Crippen LogP contribution in [0.3, 0.4) is 0 Å². The molecule has 2 N–H and O–H groups in total. The highest BCUT2D eigenvalue weighted by atomic mass is 35.5. The van der Waals surface area contributed by atoms with Gasteiger partial charge in [-0.25, -0.2) is 9.82 Å². The van der Waals surface area contributed by atoms with Crippen molar-refractivity contribution in [1.29, 1.82) is 0 Å². The van der Waals surface area contributed by atoms with Crippen LogP contribution in [0.4, 0.5) is 10.1 Å². The van der Waals surface area contributed by atoms with Crippen LogP contribution in [-0.4, -0.2) is 18.7 Å². The number of carbonyl (C=O) groups is 1. The summed E-state index contributed by atoms with van der Waals surface area (Å²) in [5.74, 6) is -0.611. The van der Waals surface area contributed by atoms with E-state index in [1.165, 1.54) is 18.3 Å². The van der Waals surface area contributed by atoms with E-state index >= 15 is 0 Å². The Morgan fingerprint density at radius 2 is 2.00 bits per heavy atom. The van der Waals surface area contributed by atoms with E-state index in [4.69, 9.17) is 11.6 Å². The first-order valence-corrected chi connectivity index (χ1v) is 7.00. The molecule has 114 valence electrons. The number of hydrazone groups is 1. The van der Waals surface area contributed by atoms with Crippen LogP contribution in [0.1, 0.15) is 11.1 Å². The van der Waals surface area contributed by atoms with Crippen molar-refractivity contribution in [2.24, 2.45) is 5.10 Å². The molecular weight excluding hydrogens is 305 g/mol. The van der Waals surface area contributed by atoms with Crippen molar-refractivity contribution in [1.82, 2.24) is 5.43 Å². The first-order chi connectivity index (χ1) is 10.6. The van der Waals surface area contributed by atoms with Crippen molar-refractivity contribution >= 4 is 29.4 Å². The number of nitrogens with one attached hydrogen (secondary N) is 2. The predicted molar refractivity (Wildman–Crippen MR) is 86.8 cm³/mol. The summed E-state index contributed by atoms with van der Waals surface area (Å²) in [4.78, 5) is 11.7. The molecule has 0 spiro atoms. The van der Waals surface area contributed by atoms with E-state index < -0.39 is 0 Å². The maximum atomic E-state index is 12.7. The monoisotopic (exact) mass is 319 g/mol. The highest BCUT2D eigenvalue weighted by Gasteiger charge is 2.04. The minimum atomic E-state index is -0.317. The highest BCUT2D eigenvalue weighted by Crippen LogP contribution is 2.22. The second-order valence-corrected chi connectivity index (χ2v) is 5.02. The lowest BCUT2D eigenvalue weighted by molar-refractivity contribution is -0.119. The molecule has 1 amide bonds. The highest BCUT2D eigenvalue weighted by molar-refractivity contribution is 6.31. The molecule has 0 aliphatic heterocycles. The topological polar surface area (TPSA) is 53.5 Å². The Morgan fingerprint density at radius 3 is 2.73 bits per heavy atom. The molecule has 6 heteroatoms. The number of rotatable bonds is 5. The lowest BCUT2D eigenvalue weighted by Crippen LogP contribution is -2.26. The van der Waals surface area contributed by atoms with E-state index in [1.54, 1.807) is 18.2 Å². The second kappa shape index (κ2) is 7.56. The van der Waals surface area contributed by atoms with Crippen molar-refractivity contribution in [3.05, 3.63) is 64.4 Å². The van der Waals surface area contributed by atoms with Gasteiger partial charge in [-0.3, -0.25) is 4.79 Å². The Hall–Kier alpha value is -2.40. The van der Waals surface area contributed by atoms with Crippen molar-refractivity contribution in [3.63, 3.8) is 0 Å². The summed E-state index contributed by atoms with van der Waals surface area (Å²) in [6.07, 6.45) is 1.45. The van der Waals surface area contributed by atoms with Gasteiger partial charge in [0.1, 0.15) is 5.82 Å². The predicted octanol–water partition coefficient (Wildman–Crippen LogP) is 3.35. The minimum Gasteiger partial charge on any atom is -0.376 e. The standard InChI is InChI=1S/C16H15ClFN3O/c1-11-14(17)3-2-4-15(11)19-10-16(22)21-20-9-12-5-7-13(18)8-6-12/h2-9,19H,10H2,1H3,(H,21,22). The number of halogens is 2. The largest absolute Gasteiger partial charge is 0.376 e. The van der Waals surface area contributed by atoms with Gasteiger partial charge >= 0.3 is 0 Å². The van der Waals surface area contributed by atoms with E-state index in [2.05, 4.69) is 15.8 Å². The summed E-state index contributed by atoms with van der Waals surface area (Å²) in [6.45, 7) is 1.94. The molecule has 0 heterocycles. The van der Waals surface area contributed by atoms with Gasteiger partial charge in [-0.05, 0) is 42.3 Å². The third-order valence-corrected chi connectivity index (χ3v) is 3.39. The maximum absolute atomic E-state index is 12.7. The number of hydrogen-bond acceptors (Lipinski definition) is 3. The fraction of sp³-hybridized carbons (Fsp3) is 0.125. The third kappa shape index (κ3) is 4.56. The fourth-order valence-corrected chi connectivity index (χ4v) is 1.92. The lowest BCUT2D eigenvalue weighted by Gasteiger charge is -2.09. The Balaban J connectivity index is 1.83. The van der Waals surface area contributed by atoms with Gasteiger partial charge in [0.05, 0.1) is 12.8 Å². The van der Waals surface area contributed by atoms with Crippen LogP contribution in [0, 0.1) is 12.7 Å². The van der Waals surface area contributed by atoms with E-state index in [0.717, 1.165) is 11.3 Å². The number of benzene rings is 2. The van der Waals surface area contributed by atoms with E-state index in [0.29, 0.717) is 10.6 Å². The molecule has 0 aliphatic rings. The molecule has 22 heavy (non-hydrogen) atoms. The molecule has 0 aromatic heterocycles. The Kier molecular flexibility index (Phi) is 5.49. The SMILES string of the molecule is Cc1c(Cl)cccc1NCC(=O)NN=Cc1ccc(F)cc1. The molecule has 4 nitrogen and oxygen atoms in total. The van der Waals surface area contributed by atoms with Gasteiger partial charge in [0.25, 0.3) is 5.91 Å². The maximum Gasteiger partial charge on any atom is 0.259 e. The van der Waals surface area contributed by atoms with Crippen LogP contribution in [-0.2, 0) is 4.79 Å². The van der Waals surface area contributed by atoms with Crippen molar-refractivity contribution in [2.75, 3.05) is 11.9 Å². The molecule has 0 unspecified atom stereocenters. The van der Waals surface area contributed by atoms with Crippen molar-refractivity contribution in [3.8, 4) is 0 Å². The normalized spacial score (nSPS) is 10.7. The molecule has 0 aliphatic carbocycles. The van der Waals surface area contributed by atoms with Crippen LogP contribution in [0.2, 0.25) is 5.02 Å². The van der Waals surface area contributed by atoms with Gasteiger partial charge in [-0.1, -0.05) is 29.8 Å². The Labute approximate surface area is 133 Å². The average molecular weight is 320 g/mol. The van der Waals surface area contributed by atoms with Gasteiger partial charge in [-0.15, -0.1) is 0 Å². The first-order valence-electron chi connectivity index (χ1n) is 6.63. The molecule has 0 saturated carbocycles. The molecule has 2 aromatic rings. The second-order valence-electron chi connectivity index (χ2n) is 4.61. The average Bonchev–Trinajstić information content (AvgIpc) is 2.51. The quantitative estimate of drug-likeness (QED) is 0.656. The summed E-state index contributed by atoms with van der Waals surface area (Å²) < 4.78 is 12.7. The van der Waals surface area contributed by atoms with Gasteiger partial charge in [0.2, 0.25) is 0 Å². The molecule has 0 saturated heterocycles. The summed E-state index contributed by atoms with van der Waals surface area (Å²) in [6, 6.07) is 11.2. The molecule has 0 fully saturated rings. The van der Waals surface area contributed by atoms with Gasteiger partial charge in [0.15, 0.2) is 0 Å². The Bertz CT molecular complexity index is 686. The number of anilines is 1. The van der Waals surface area contributed by atoms with Gasteiger partial charge in [-0.2, -0.15) is 5.10 Å². The third-order valence-electron chi connectivity index (χ3n) is 2.98. The Morgan fingerprint density at radius 1 is 1.27 bits per heavy atom. The number of carbonyl (C=O) groups excluding carboxylic acids is 1. The minimum absolute atomic E-state index is 0.0714. The number of hydrogen-bond donors (Lipinski definition) is 2. The van der Waals surface area contributed by atoms with Crippen LogP contribution in [0.15, 0.2) is 47.6 Å². The molecule has 0 bridgehead atoms. The molecule has 2 rings (SSSR count). The van der Waals surface area contributed by atoms with Crippen LogP contribution in [0.5, 0.6) is 0 Å². The molecule has 2 aromatic carbocycles. The summed E-state index contributed by atoms with van der Waals surface area (Å²) in [7, 11) is 0. The molecule has 0 radical (unpaired) electrons. The molecular formula is C16H15ClFN3O. The van der Waals surface area contributed by atoms with E-state index in [1.807, 2.05) is 19.1 Å². The van der Waals surface area contributed by atoms with Crippen molar-refractivity contribution in [2.45, 2.75) is 6.92 Å². The number of nitrogens with zero attached hydrogens (tertiary/aromatic N) is 1. The van der Waals surface area contributed by atoms with Gasteiger partial charge < -0.3 is 5.32 Å². The molecule has 0 atom stereocenters. The fourth-order valence-electron chi connectivity index (χ4n) is 1.74.